The first-order chi connectivity index (χ1) is 9.66. The van der Waals surface area contributed by atoms with Crippen molar-refractivity contribution in [1.29, 1.82) is 0 Å². The van der Waals surface area contributed by atoms with Crippen molar-refractivity contribution < 1.29 is 0 Å². The summed E-state index contributed by atoms with van der Waals surface area (Å²) in [6.45, 7) is 6.40. The fourth-order valence-electron chi connectivity index (χ4n) is 2.86. The summed E-state index contributed by atoms with van der Waals surface area (Å²) in [5.41, 5.74) is 1.38. The molecule has 1 saturated heterocycles. The Morgan fingerprint density at radius 3 is 2.75 bits per heavy atom. The Bertz CT molecular complexity index is 569. The third kappa shape index (κ3) is 3.07. The van der Waals surface area contributed by atoms with Gasteiger partial charge in [-0.3, -0.25) is 4.90 Å². The van der Waals surface area contributed by atoms with Crippen molar-refractivity contribution in [3.8, 4) is 0 Å². The molecule has 2 nitrogen and oxygen atoms in total. The highest BCUT2D eigenvalue weighted by molar-refractivity contribution is 7.16. The van der Waals surface area contributed by atoms with Gasteiger partial charge in [-0.2, -0.15) is 0 Å². The number of hydrogen-bond donors (Lipinski definition) is 1. The van der Waals surface area contributed by atoms with Gasteiger partial charge in [0.15, 0.2) is 0 Å². The maximum Gasteiger partial charge on any atom is 0.0931 e. The van der Waals surface area contributed by atoms with Crippen LogP contribution in [0.15, 0.2) is 42.5 Å². The van der Waals surface area contributed by atoms with Gasteiger partial charge in [0, 0.05) is 31.1 Å². The molecule has 1 aromatic carbocycles. The molecule has 0 aliphatic carbocycles. The highest BCUT2D eigenvalue weighted by Crippen LogP contribution is 2.27. The highest BCUT2D eigenvalue weighted by Gasteiger charge is 2.32. The average molecular weight is 307 g/mol. The topological polar surface area (TPSA) is 15.3 Å². The zero-order valence-corrected chi connectivity index (χ0v) is 13.2. The molecule has 1 atom stereocenters. The van der Waals surface area contributed by atoms with E-state index in [1.165, 1.54) is 10.4 Å². The van der Waals surface area contributed by atoms with E-state index < -0.39 is 0 Å². The van der Waals surface area contributed by atoms with Crippen LogP contribution in [0, 0.1) is 0 Å². The van der Waals surface area contributed by atoms with E-state index in [9.17, 15) is 0 Å². The van der Waals surface area contributed by atoms with Crippen LogP contribution < -0.4 is 5.32 Å². The van der Waals surface area contributed by atoms with E-state index in [0.717, 1.165) is 30.5 Å². The summed E-state index contributed by atoms with van der Waals surface area (Å²) in [6.07, 6.45) is 0. The monoisotopic (exact) mass is 306 g/mol. The zero-order chi connectivity index (χ0) is 14.0. The molecule has 20 heavy (non-hydrogen) atoms. The van der Waals surface area contributed by atoms with Gasteiger partial charge in [-0.15, -0.1) is 11.3 Å². The van der Waals surface area contributed by atoms with Gasteiger partial charge in [-0.05, 0) is 24.6 Å². The minimum absolute atomic E-state index is 0.0283. The first-order valence-corrected chi connectivity index (χ1v) is 8.12. The Hall–Kier alpha value is -0.870. The molecule has 0 bridgehead atoms. The molecule has 1 aromatic heterocycles. The van der Waals surface area contributed by atoms with Gasteiger partial charge in [0.25, 0.3) is 0 Å². The fourth-order valence-corrected chi connectivity index (χ4v) is 3.99. The minimum atomic E-state index is 0.0283. The van der Waals surface area contributed by atoms with Crippen molar-refractivity contribution in [2.24, 2.45) is 0 Å². The van der Waals surface area contributed by atoms with Crippen LogP contribution in [-0.4, -0.2) is 24.5 Å². The number of hydrogen-bond acceptors (Lipinski definition) is 3. The molecule has 4 heteroatoms. The lowest BCUT2D eigenvalue weighted by atomic mass is 9.89. The predicted molar refractivity (Wildman–Crippen MR) is 86.4 cm³/mol. The summed E-state index contributed by atoms with van der Waals surface area (Å²) in [7, 11) is 0. The molecule has 0 amide bonds. The lowest BCUT2D eigenvalue weighted by Crippen LogP contribution is -2.56. The second-order valence-corrected chi connectivity index (χ2v) is 7.34. The Kier molecular flexibility index (Phi) is 4.13. The molecule has 2 heterocycles. The van der Waals surface area contributed by atoms with E-state index in [4.69, 9.17) is 11.6 Å². The number of nitrogens with zero attached hydrogens (tertiary/aromatic N) is 1. The van der Waals surface area contributed by atoms with Crippen LogP contribution in [0.1, 0.15) is 17.4 Å². The third-order valence-corrected chi connectivity index (χ3v) is 5.12. The van der Waals surface area contributed by atoms with E-state index in [2.05, 4.69) is 53.5 Å². The van der Waals surface area contributed by atoms with Crippen molar-refractivity contribution >= 4 is 22.9 Å². The molecular weight excluding hydrogens is 288 g/mol. The second kappa shape index (κ2) is 5.86. The van der Waals surface area contributed by atoms with Crippen molar-refractivity contribution in [3.05, 3.63) is 57.2 Å². The van der Waals surface area contributed by atoms with Crippen LogP contribution >= 0.6 is 22.9 Å². The molecule has 1 aliphatic rings. The number of halogens is 1. The Morgan fingerprint density at radius 1 is 1.25 bits per heavy atom. The van der Waals surface area contributed by atoms with E-state index in [-0.39, 0.29) is 5.54 Å². The smallest absolute Gasteiger partial charge is 0.0931 e. The van der Waals surface area contributed by atoms with Crippen LogP contribution in [0.5, 0.6) is 0 Å². The molecule has 1 fully saturated rings. The SMILES string of the molecule is CC1(c2ccccc2)CN(Cc2ccc(Cl)s2)CCN1. The second-order valence-electron chi connectivity index (χ2n) is 5.54. The number of rotatable bonds is 3. The number of piperazine rings is 1. The summed E-state index contributed by atoms with van der Waals surface area (Å²) in [5, 5.41) is 3.67. The zero-order valence-electron chi connectivity index (χ0n) is 11.6. The minimum Gasteiger partial charge on any atom is -0.305 e. The van der Waals surface area contributed by atoms with Gasteiger partial charge in [-0.25, -0.2) is 0 Å². The third-order valence-electron chi connectivity index (χ3n) is 3.90. The Labute approximate surface area is 129 Å². The van der Waals surface area contributed by atoms with Crippen molar-refractivity contribution in [3.63, 3.8) is 0 Å². The van der Waals surface area contributed by atoms with Gasteiger partial charge < -0.3 is 5.32 Å². The van der Waals surface area contributed by atoms with E-state index in [0.29, 0.717) is 0 Å². The molecule has 0 spiro atoms. The Morgan fingerprint density at radius 2 is 2.05 bits per heavy atom. The number of benzene rings is 1. The van der Waals surface area contributed by atoms with Crippen LogP contribution in [-0.2, 0) is 12.1 Å². The highest BCUT2D eigenvalue weighted by atomic mass is 35.5. The first-order valence-electron chi connectivity index (χ1n) is 6.93. The molecule has 106 valence electrons. The number of nitrogens with one attached hydrogen (secondary N) is 1. The molecule has 0 radical (unpaired) electrons. The summed E-state index contributed by atoms with van der Waals surface area (Å²) in [4.78, 5) is 3.85. The van der Waals surface area contributed by atoms with E-state index in [1.807, 2.05) is 6.07 Å². The van der Waals surface area contributed by atoms with Gasteiger partial charge in [-0.1, -0.05) is 41.9 Å². The largest absolute Gasteiger partial charge is 0.305 e. The first kappa shape index (κ1) is 14.1. The van der Waals surface area contributed by atoms with Crippen molar-refractivity contribution in [1.82, 2.24) is 10.2 Å². The fraction of sp³-hybridized carbons (Fsp3) is 0.375. The van der Waals surface area contributed by atoms with Crippen molar-refractivity contribution in [2.45, 2.75) is 19.0 Å². The molecular formula is C16H19ClN2S. The lowest BCUT2D eigenvalue weighted by molar-refractivity contribution is 0.137. The molecule has 3 rings (SSSR count). The van der Waals surface area contributed by atoms with Crippen molar-refractivity contribution in [2.75, 3.05) is 19.6 Å². The van der Waals surface area contributed by atoms with Gasteiger partial charge in [0.2, 0.25) is 0 Å². The summed E-state index contributed by atoms with van der Waals surface area (Å²) >= 11 is 7.70. The van der Waals surface area contributed by atoms with Gasteiger partial charge in [0.1, 0.15) is 0 Å². The predicted octanol–water partition coefficient (Wildman–Crippen LogP) is 3.72. The van der Waals surface area contributed by atoms with Crippen LogP contribution in [0.4, 0.5) is 0 Å². The van der Waals surface area contributed by atoms with E-state index >= 15 is 0 Å². The number of thiophene rings is 1. The van der Waals surface area contributed by atoms with Crippen LogP contribution in [0.25, 0.3) is 0 Å². The normalized spacial score (nSPS) is 23.9. The molecule has 2 aromatic rings. The van der Waals surface area contributed by atoms with Gasteiger partial charge >= 0.3 is 0 Å². The molecule has 1 aliphatic heterocycles. The quantitative estimate of drug-likeness (QED) is 0.929. The molecule has 0 saturated carbocycles. The lowest BCUT2D eigenvalue weighted by Gasteiger charge is -2.41. The van der Waals surface area contributed by atoms with Crippen LogP contribution in [0.2, 0.25) is 4.34 Å². The van der Waals surface area contributed by atoms with E-state index in [1.54, 1.807) is 11.3 Å². The average Bonchev–Trinajstić information content (AvgIpc) is 2.85. The Balaban J connectivity index is 1.73. The summed E-state index contributed by atoms with van der Waals surface area (Å²) in [5.74, 6) is 0. The maximum atomic E-state index is 6.02. The standard InChI is InChI=1S/C16H19ClN2S/c1-16(13-5-3-2-4-6-13)12-19(10-9-18-16)11-14-7-8-15(17)20-14/h2-8,18H,9-12H2,1H3. The summed E-state index contributed by atoms with van der Waals surface area (Å²) in [6, 6.07) is 14.8. The maximum absolute atomic E-state index is 6.02. The van der Waals surface area contributed by atoms with Crippen LogP contribution in [0.3, 0.4) is 0 Å². The summed E-state index contributed by atoms with van der Waals surface area (Å²) < 4.78 is 0.876. The van der Waals surface area contributed by atoms with Gasteiger partial charge in [0.05, 0.1) is 9.88 Å². The molecule has 1 unspecified atom stereocenters. The molecule has 1 N–H and O–H groups in total.